The lowest BCUT2D eigenvalue weighted by molar-refractivity contribution is 0.305. The van der Waals surface area contributed by atoms with Crippen LogP contribution in [0.25, 0.3) is 0 Å². The van der Waals surface area contributed by atoms with E-state index in [1.807, 2.05) is 13.8 Å². The number of nitrogens with zero attached hydrogens (tertiary/aromatic N) is 2. The van der Waals surface area contributed by atoms with E-state index in [-0.39, 0.29) is 17.5 Å². The van der Waals surface area contributed by atoms with E-state index >= 15 is 0 Å². The maximum Gasteiger partial charge on any atom is 0.244 e. The standard InChI is InChI=1S/C14H20N2O3S/c1-4-16(12(2)3)20(18,19)14-9-13(10-15-11-14)7-5-6-8-17/h9-12,17H,4,6,8H2,1-3H3. The molecule has 0 saturated carbocycles. The number of aromatic nitrogens is 1. The van der Waals surface area contributed by atoms with E-state index in [4.69, 9.17) is 5.11 Å². The molecule has 0 aliphatic heterocycles. The highest BCUT2D eigenvalue weighted by Gasteiger charge is 2.25. The van der Waals surface area contributed by atoms with Gasteiger partial charge in [0, 0.05) is 37.0 Å². The minimum atomic E-state index is -3.55. The average molecular weight is 296 g/mol. The second-order valence-electron chi connectivity index (χ2n) is 4.49. The monoisotopic (exact) mass is 296 g/mol. The fourth-order valence-electron chi connectivity index (χ4n) is 1.80. The van der Waals surface area contributed by atoms with Crippen LogP contribution < -0.4 is 0 Å². The third-order valence-corrected chi connectivity index (χ3v) is 4.79. The van der Waals surface area contributed by atoms with Crippen molar-refractivity contribution < 1.29 is 13.5 Å². The minimum Gasteiger partial charge on any atom is -0.395 e. The Morgan fingerprint density at radius 2 is 2.10 bits per heavy atom. The van der Waals surface area contributed by atoms with Crippen LogP contribution in [0.5, 0.6) is 0 Å². The molecule has 0 saturated heterocycles. The molecule has 0 spiro atoms. The Labute approximate surface area is 120 Å². The van der Waals surface area contributed by atoms with Crippen molar-refractivity contribution in [2.24, 2.45) is 0 Å². The summed E-state index contributed by atoms with van der Waals surface area (Å²) in [6, 6.07) is 1.40. The van der Waals surface area contributed by atoms with Crippen molar-refractivity contribution in [3.05, 3.63) is 24.0 Å². The van der Waals surface area contributed by atoms with E-state index in [9.17, 15) is 8.42 Å². The van der Waals surface area contributed by atoms with Crippen LogP contribution in [0.4, 0.5) is 0 Å². The molecule has 0 unspecified atom stereocenters. The first-order valence-electron chi connectivity index (χ1n) is 6.50. The van der Waals surface area contributed by atoms with Gasteiger partial charge in [0.1, 0.15) is 4.90 Å². The third-order valence-electron chi connectivity index (χ3n) is 2.68. The highest BCUT2D eigenvalue weighted by Crippen LogP contribution is 2.17. The first-order chi connectivity index (χ1) is 9.43. The van der Waals surface area contributed by atoms with Crippen molar-refractivity contribution in [2.75, 3.05) is 13.2 Å². The molecule has 0 aromatic carbocycles. The first-order valence-corrected chi connectivity index (χ1v) is 7.94. The summed E-state index contributed by atoms with van der Waals surface area (Å²) in [7, 11) is -3.55. The summed E-state index contributed by atoms with van der Waals surface area (Å²) < 4.78 is 26.4. The van der Waals surface area contributed by atoms with E-state index < -0.39 is 10.0 Å². The summed E-state index contributed by atoms with van der Waals surface area (Å²) in [5, 5.41) is 8.67. The summed E-state index contributed by atoms with van der Waals surface area (Å²) in [6.07, 6.45) is 3.19. The molecule has 0 atom stereocenters. The Balaban J connectivity index is 3.14. The molecule has 110 valence electrons. The zero-order valence-electron chi connectivity index (χ0n) is 12.0. The van der Waals surface area contributed by atoms with E-state index in [0.29, 0.717) is 18.5 Å². The molecule has 0 aliphatic carbocycles. The third kappa shape index (κ3) is 4.04. The van der Waals surface area contributed by atoms with E-state index in [0.717, 1.165) is 0 Å². The molecule has 1 aromatic heterocycles. The molecule has 1 rings (SSSR count). The van der Waals surface area contributed by atoms with Crippen LogP contribution in [0.1, 0.15) is 32.8 Å². The molecule has 0 amide bonds. The highest BCUT2D eigenvalue weighted by atomic mass is 32.2. The van der Waals surface area contributed by atoms with Crippen molar-refractivity contribution in [3.63, 3.8) is 0 Å². The molecule has 1 aromatic rings. The van der Waals surface area contributed by atoms with Gasteiger partial charge in [-0.2, -0.15) is 4.31 Å². The van der Waals surface area contributed by atoms with E-state index in [1.54, 1.807) is 6.92 Å². The summed E-state index contributed by atoms with van der Waals surface area (Å²) in [5.41, 5.74) is 0.527. The van der Waals surface area contributed by atoms with Crippen LogP contribution in [-0.4, -0.2) is 42.0 Å². The SMILES string of the molecule is CCN(C(C)C)S(=O)(=O)c1cncc(C#CCCO)c1. The lowest BCUT2D eigenvalue weighted by atomic mass is 10.3. The van der Waals surface area contributed by atoms with Gasteiger partial charge < -0.3 is 5.11 Å². The molecule has 1 heterocycles. The molecule has 20 heavy (non-hydrogen) atoms. The smallest absolute Gasteiger partial charge is 0.244 e. The summed E-state index contributed by atoms with van der Waals surface area (Å²) >= 11 is 0. The molecule has 6 heteroatoms. The number of hydrogen-bond donors (Lipinski definition) is 1. The maximum atomic E-state index is 12.5. The minimum absolute atomic E-state index is 0.0185. The van der Waals surface area contributed by atoms with Crippen molar-refractivity contribution in [2.45, 2.75) is 38.1 Å². The van der Waals surface area contributed by atoms with E-state index in [2.05, 4.69) is 16.8 Å². The van der Waals surface area contributed by atoms with Gasteiger partial charge in [-0.15, -0.1) is 0 Å². The maximum absolute atomic E-state index is 12.5. The zero-order chi connectivity index (χ0) is 15.2. The molecule has 0 aliphatic rings. The number of aliphatic hydroxyl groups excluding tert-OH is 1. The fraction of sp³-hybridized carbons (Fsp3) is 0.500. The van der Waals surface area contributed by atoms with Crippen molar-refractivity contribution >= 4 is 10.0 Å². The first kappa shape index (κ1) is 16.6. The van der Waals surface area contributed by atoms with Crippen LogP contribution in [0.15, 0.2) is 23.4 Å². The second kappa shape index (κ2) is 7.39. The molecule has 1 N–H and O–H groups in total. The zero-order valence-corrected chi connectivity index (χ0v) is 12.8. The highest BCUT2D eigenvalue weighted by molar-refractivity contribution is 7.89. The second-order valence-corrected chi connectivity index (χ2v) is 6.38. The van der Waals surface area contributed by atoms with Gasteiger partial charge in [0.2, 0.25) is 10.0 Å². The summed E-state index contributed by atoms with van der Waals surface area (Å²) in [5.74, 6) is 5.54. The molecule has 0 bridgehead atoms. The number of rotatable bonds is 5. The molecule has 0 fully saturated rings. The fourth-order valence-corrected chi connectivity index (χ4v) is 3.43. The Kier molecular flexibility index (Phi) is 6.14. The van der Waals surface area contributed by atoms with Gasteiger partial charge in [-0.05, 0) is 19.9 Å². The number of hydrogen-bond acceptors (Lipinski definition) is 4. The van der Waals surface area contributed by atoms with Gasteiger partial charge in [-0.25, -0.2) is 8.42 Å². The van der Waals surface area contributed by atoms with Gasteiger partial charge in [-0.1, -0.05) is 18.8 Å². The van der Waals surface area contributed by atoms with Gasteiger partial charge in [0.15, 0.2) is 0 Å². The Morgan fingerprint density at radius 3 is 2.65 bits per heavy atom. The number of sulfonamides is 1. The largest absolute Gasteiger partial charge is 0.395 e. The molecular formula is C14H20N2O3S. The predicted molar refractivity (Wildman–Crippen MR) is 77.5 cm³/mol. The van der Waals surface area contributed by atoms with Gasteiger partial charge in [0.05, 0.1) is 6.61 Å². The van der Waals surface area contributed by atoms with Crippen molar-refractivity contribution in [1.29, 1.82) is 0 Å². The van der Waals surface area contributed by atoms with Gasteiger partial charge in [0.25, 0.3) is 0 Å². The van der Waals surface area contributed by atoms with Gasteiger partial charge in [-0.3, -0.25) is 4.98 Å². The summed E-state index contributed by atoms with van der Waals surface area (Å²) in [4.78, 5) is 4.08. The van der Waals surface area contributed by atoms with Crippen molar-refractivity contribution in [3.8, 4) is 11.8 Å². The Hall–Kier alpha value is -1.42. The van der Waals surface area contributed by atoms with Crippen LogP contribution in [-0.2, 0) is 10.0 Å². The molecular weight excluding hydrogens is 276 g/mol. The van der Waals surface area contributed by atoms with Crippen LogP contribution in [0.3, 0.4) is 0 Å². The topological polar surface area (TPSA) is 70.5 Å². The van der Waals surface area contributed by atoms with Crippen LogP contribution in [0, 0.1) is 11.8 Å². The summed E-state index contributed by atoms with van der Waals surface area (Å²) in [6.45, 7) is 5.85. The number of aliphatic hydroxyl groups is 1. The van der Waals surface area contributed by atoms with Crippen LogP contribution in [0.2, 0.25) is 0 Å². The lowest BCUT2D eigenvalue weighted by Gasteiger charge is -2.24. The average Bonchev–Trinajstić information content (AvgIpc) is 2.39. The van der Waals surface area contributed by atoms with E-state index in [1.165, 1.54) is 22.8 Å². The Bertz CT molecular complexity index is 600. The lowest BCUT2D eigenvalue weighted by Crippen LogP contribution is -2.36. The molecule has 5 nitrogen and oxygen atoms in total. The van der Waals surface area contributed by atoms with Gasteiger partial charge >= 0.3 is 0 Å². The van der Waals surface area contributed by atoms with Crippen molar-refractivity contribution in [1.82, 2.24) is 9.29 Å². The van der Waals surface area contributed by atoms with Crippen LogP contribution >= 0.6 is 0 Å². The normalized spacial score (nSPS) is 11.5. The quantitative estimate of drug-likeness (QED) is 0.830. The Morgan fingerprint density at radius 1 is 1.40 bits per heavy atom. The predicted octanol–water partition coefficient (Wildman–Crippen LogP) is 1.23. The molecule has 0 radical (unpaired) electrons. The number of pyridine rings is 1.